The molecule has 142 valence electrons. The van der Waals surface area contributed by atoms with E-state index in [1.165, 1.54) is 31.5 Å². The van der Waals surface area contributed by atoms with Crippen LogP contribution in [0.3, 0.4) is 0 Å². The summed E-state index contributed by atoms with van der Waals surface area (Å²) in [5.41, 5.74) is 4.08. The van der Waals surface area contributed by atoms with Crippen LogP contribution in [0.15, 0.2) is 48.7 Å². The molecule has 0 unspecified atom stereocenters. The molecule has 0 radical (unpaired) electrons. The van der Waals surface area contributed by atoms with Crippen molar-refractivity contribution in [3.05, 3.63) is 54.2 Å². The fraction of sp³-hybridized carbons (Fsp3) is 0.273. The Morgan fingerprint density at radius 1 is 1.07 bits per heavy atom. The average Bonchev–Trinajstić information content (AvgIpc) is 3.41. The number of aromatic nitrogens is 3. The van der Waals surface area contributed by atoms with Gasteiger partial charge in [-0.2, -0.15) is 5.10 Å². The molecular weight excluding hydrogens is 350 g/mol. The topological polar surface area (TPSA) is 66.1 Å². The number of hydrogen-bond donors (Lipinski definition) is 2. The normalized spacial score (nSPS) is 14.8. The lowest BCUT2D eigenvalue weighted by Gasteiger charge is -2.15. The van der Waals surface area contributed by atoms with Gasteiger partial charge in [-0.1, -0.05) is 12.1 Å². The van der Waals surface area contributed by atoms with Crippen LogP contribution in [0, 0.1) is 0 Å². The first-order valence-electron chi connectivity index (χ1n) is 9.70. The van der Waals surface area contributed by atoms with Gasteiger partial charge < -0.3 is 10.1 Å². The van der Waals surface area contributed by atoms with Crippen LogP contribution in [-0.4, -0.2) is 40.3 Å². The quantitative estimate of drug-likeness (QED) is 0.541. The van der Waals surface area contributed by atoms with Crippen molar-refractivity contribution in [2.24, 2.45) is 0 Å². The Hall–Kier alpha value is -3.12. The molecule has 1 saturated heterocycles. The molecule has 0 atom stereocenters. The van der Waals surface area contributed by atoms with Crippen molar-refractivity contribution in [3.63, 3.8) is 0 Å². The minimum atomic E-state index is 0.751. The van der Waals surface area contributed by atoms with Crippen LogP contribution in [0.2, 0.25) is 0 Å². The van der Waals surface area contributed by atoms with Crippen molar-refractivity contribution in [1.82, 2.24) is 20.1 Å². The monoisotopic (exact) mass is 373 g/mol. The molecule has 2 aromatic heterocycles. The fourth-order valence-electron chi connectivity index (χ4n) is 3.92. The minimum absolute atomic E-state index is 0.751. The standard InChI is InChI=1S/C22H23N5O/c1-28-17-8-9-20-18(12-17)19-13-23-26-21(19)22(25-20)24-16-6-4-15(5-7-16)14-27-10-2-3-11-27/h4-9,12-13H,2-3,10-11,14H2,1H3,(H,23,26)(H,24,25). The van der Waals surface area contributed by atoms with E-state index in [4.69, 9.17) is 9.72 Å². The van der Waals surface area contributed by atoms with E-state index in [0.717, 1.165) is 45.6 Å². The molecule has 1 aliphatic rings. The van der Waals surface area contributed by atoms with Gasteiger partial charge in [0.15, 0.2) is 5.82 Å². The molecule has 1 aliphatic heterocycles. The van der Waals surface area contributed by atoms with Gasteiger partial charge >= 0.3 is 0 Å². The number of anilines is 2. The molecule has 5 rings (SSSR count). The first kappa shape index (κ1) is 17.0. The Kier molecular flexibility index (Phi) is 4.33. The highest BCUT2D eigenvalue weighted by Gasteiger charge is 2.13. The molecule has 28 heavy (non-hydrogen) atoms. The van der Waals surface area contributed by atoms with Gasteiger partial charge in [-0.15, -0.1) is 0 Å². The van der Waals surface area contributed by atoms with E-state index >= 15 is 0 Å². The molecule has 2 aromatic carbocycles. The lowest BCUT2D eigenvalue weighted by Crippen LogP contribution is -2.18. The Morgan fingerprint density at radius 3 is 2.68 bits per heavy atom. The van der Waals surface area contributed by atoms with Gasteiger partial charge in [-0.25, -0.2) is 4.98 Å². The van der Waals surface area contributed by atoms with Crippen molar-refractivity contribution >= 4 is 33.3 Å². The molecule has 4 aromatic rings. The second-order valence-electron chi connectivity index (χ2n) is 7.30. The molecule has 0 amide bonds. The highest BCUT2D eigenvalue weighted by atomic mass is 16.5. The summed E-state index contributed by atoms with van der Waals surface area (Å²) < 4.78 is 5.35. The van der Waals surface area contributed by atoms with Crippen LogP contribution in [0.25, 0.3) is 21.8 Å². The molecule has 0 aliphatic carbocycles. The molecule has 6 heteroatoms. The number of hydrogen-bond acceptors (Lipinski definition) is 5. The zero-order valence-electron chi connectivity index (χ0n) is 15.9. The average molecular weight is 373 g/mol. The number of H-pyrrole nitrogens is 1. The minimum Gasteiger partial charge on any atom is -0.497 e. The lowest BCUT2D eigenvalue weighted by atomic mass is 10.1. The summed E-state index contributed by atoms with van der Waals surface area (Å²) in [5.74, 6) is 1.56. The van der Waals surface area contributed by atoms with Gasteiger partial charge in [0.25, 0.3) is 0 Å². The number of nitrogens with one attached hydrogen (secondary N) is 2. The van der Waals surface area contributed by atoms with Crippen molar-refractivity contribution < 1.29 is 4.74 Å². The maximum absolute atomic E-state index is 5.35. The van der Waals surface area contributed by atoms with Crippen LogP contribution in [0.1, 0.15) is 18.4 Å². The summed E-state index contributed by atoms with van der Waals surface area (Å²) >= 11 is 0. The Bertz CT molecular complexity index is 1110. The fourth-order valence-corrected chi connectivity index (χ4v) is 3.92. The van der Waals surface area contributed by atoms with Gasteiger partial charge in [0.05, 0.1) is 12.6 Å². The number of rotatable bonds is 5. The number of ether oxygens (including phenoxy) is 1. The summed E-state index contributed by atoms with van der Waals surface area (Å²) in [6, 6.07) is 14.5. The van der Waals surface area contributed by atoms with E-state index < -0.39 is 0 Å². The molecule has 6 nitrogen and oxygen atoms in total. The smallest absolute Gasteiger partial charge is 0.159 e. The summed E-state index contributed by atoms with van der Waals surface area (Å²) in [6.45, 7) is 3.45. The Balaban J connectivity index is 1.44. The van der Waals surface area contributed by atoms with Crippen molar-refractivity contribution in [1.29, 1.82) is 0 Å². The lowest BCUT2D eigenvalue weighted by molar-refractivity contribution is 0.331. The highest BCUT2D eigenvalue weighted by Crippen LogP contribution is 2.31. The maximum atomic E-state index is 5.35. The summed E-state index contributed by atoms with van der Waals surface area (Å²) in [7, 11) is 1.67. The molecule has 2 N–H and O–H groups in total. The van der Waals surface area contributed by atoms with Gasteiger partial charge in [-0.3, -0.25) is 10.00 Å². The van der Waals surface area contributed by atoms with Gasteiger partial charge in [-0.05, 0) is 61.8 Å². The zero-order chi connectivity index (χ0) is 18.9. The van der Waals surface area contributed by atoms with E-state index in [-0.39, 0.29) is 0 Å². The summed E-state index contributed by atoms with van der Waals surface area (Å²) in [4.78, 5) is 7.30. The third-order valence-corrected chi connectivity index (χ3v) is 5.41. The van der Waals surface area contributed by atoms with Gasteiger partial charge in [0.1, 0.15) is 11.3 Å². The van der Waals surface area contributed by atoms with Crippen molar-refractivity contribution in [2.75, 3.05) is 25.5 Å². The molecule has 1 fully saturated rings. The van der Waals surface area contributed by atoms with Crippen LogP contribution in [0.5, 0.6) is 5.75 Å². The number of aromatic amines is 1. The number of benzene rings is 2. The third-order valence-electron chi connectivity index (χ3n) is 5.41. The maximum Gasteiger partial charge on any atom is 0.159 e. The third kappa shape index (κ3) is 3.16. The molecule has 0 spiro atoms. The summed E-state index contributed by atoms with van der Waals surface area (Å²) in [5, 5.41) is 12.9. The first-order valence-corrected chi connectivity index (χ1v) is 9.70. The van der Waals surface area contributed by atoms with E-state index in [1.807, 2.05) is 24.4 Å². The molecule has 0 saturated carbocycles. The largest absolute Gasteiger partial charge is 0.497 e. The summed E-state index contributed by atoms with van der Waals surface area (Å²) in [6.07, 6.45) is 4.54. The van der Waals surface area contributed by atoms with E-state index in [1.54, 1.807) is 7.11 Å². The van der Waals surface area contributed by atoms with E-state index in [9.17, 15) is 0 Å². The predicted molar refractivity (Wildman–Crippen MR) is 112 cm³/mol. The van der Waals surface area contributed by atoms with Crippen molar-refractivity contribution in [2.45, 2.75) is 19.4 Å². The number of pyridine rings is 1. The van der Waals surface area contributed by atoms with E-state index in [2.05, 4.69) is 44.7 Å². The van der Waals surface area contributed by atoms with Crippen LogP contribution >= 0.6 is 0 Å². The molecule has 3 heterocycles. The second kappa shape index (κ2) is 7.13. The van der Waals surface area contributed by atoms with Crippen LogP contribution < -0.4 is 10.1 Å². The Labute approximate surface area is 163 Å². The molecular formula is C22H23N5O. The number of likely N-dealkylation sites (tertiary alicyclic amines) is 1. The van der Waals surface area contributed by atoms with Gasteiger partial charge in [0, 0.05) is 29.2 Å². The predicted octanol–water partition coefficient (Wildman–Crippen LogP) is 4.46. The number of nitrogens with zero attached hydrogens (tertiary/aromatic N) is 3. The molecule has 0 bridgehead atoms. The van der Waals surface area contributed by atoms with E-state index in [0.29, 0.717) is 0 Å². The Morgan fingerprint density at radius 2 is 1.89 bits per heavy atom. The zero-order valence-corrected chi connectivity index (χ0v) is 15.9. The van der Waals surface area contributed by atoms with Gasteiger partial charge in [0.2, 0.25) is 0 Å². The first-order chi connectivity index (χ1) is 13.8. The highest BCUT2D eigenvalue weighted by molar-refractivity contribution is 6.09. The second-order valence-corrected chi connectivity index (χ2v) is 7.30. The van der Waals surface area contributed by atoms with Crippen LogP contribution in [-0.2, 0) is 6.54 Å². The SMILES string of the molecule is COc1ccc2nc(Nc3ccc(CN4CCCC4)cc3)c3n[nH]cc3c2c1. The van der Waals surface area contributed by atoms with Crippen molar-refractivity contribution in [3.8, 4) is 5.75 Å². The number of methoxy groups -OCH3 is 1. The number of fused-ring (bicyclic) bond motifs is 3. The van der Waals surface area contributed by atoms with Crippen LogP contribution in [0.4, 0.5) is 11.5 Å².